The number of thioether (sulfide) groups is 1. The molecule has 2 N–H and O–H groups in total. The second-order valence-electron chi connectivity index (χ2n) is 7.91. The Kier molecular flexibility index (Phi) is 6.28. The molecule has 35 heavy (non-hydrogen) atoms. The van der Waals surface area contributed by atoms with Crippen LogP contribution in [0.1, 0.15) is 13.3 Å². The predicted octanol–water partition coefficient (Wildman–Crippen LogP) is 4.59. The normalized spacial score (nSPS) is 11.3. The minimum atomic E-state index is -0.386. The number of nitrogens with one attached hydrogen (secondary N) is 2. The number of hydrogen-bond donors (Lipinski definition) is 2. The van der Waals surface area contributed by atoms with Gasteiger partial charge < -0.3 is 24.0 Å². The molecule has 5 aromatic rings. The van der Waals surface area contributed by atoms with Gasteiger partial charge >= 0.3 is 0 Å². The van der Waals surface area contributed by atoms with Crippen LogP contribution in [0, 0.1) is 0 Å². The molecule has 0 aliphatic carbocycles. The minimum Gasteiger partial charge on any atom is -0.493 e. The van der Waals surface area contributed by atoms with Crippen LogP contribution in [0.4, 0.5) is 5.69 Å². The summed E-state index contributed by atoms with van der Waals surface area (Å²) in [6.07, 6.45) is 4.34. The number of carbonyl (C=O) groups is 1. The van der Waals surface area contributed by atoms with Crippen molar-refractivity contribution in [2.75, 3.05) is 17.7 Å². The summed E-state index contributed by atoms with van der Waals surface area (Å²) in [6, 6.07) is 12.7. The van der Waals surface area contributed by atoms with Crippen LogP contribution < -0.4 is 15.6 Å². The zero-order valence-electron chi connectivity index (χ0n) is 19.2. The lowest BCUT2D eigenvalue weighted by molar-refractivity contribution is -0.113. The minimum absolute atomic E-state index is 0.168. The molecular formula is C25H23N5O4S. The molecule has 0 unspecified atom stereocenters. The van der Waals surface area contributed by atoms with Crippen molar-refractivity contribution in [1.29, 1.82) is 0 Å². The van der Waals surface area contributed by atoms with Crippen molar-refractivity contribution < 1.29 is 13.9 Å². The Morgan fingerprint density at radius 3 is 2.91 bits per heavy atom. The third kappa shape index (κ3) is 4.65. The molecule has 3 aromatic heterocycles. The molecule has 0 aliphatic rings. The van der Waals surface area contributed by atoms with Gasteiger partial charge in [0.1, 0.15) is 22.7 Å². The largest absolute Gasteiger partial charge is 0.493 e. The number of ether oxygens (including phenoxy) is 1. The van der Waals surface area contributed by atoms with Gasteiger partial charge in [0.05, 0.1) is 17.9 Å². The molecule has 10 heteroatoms. The van der Waals surface area contributed by atoms with E-state index in [0.29, 0.717) is 40.5 Å². The Morgan fingerprint density at radius 1 is 1.26 bits per heavy atom. The summed E-state index contributed by atoms with van der Waals surface area (Å²) in [5.74, 6) is 0.918. The number of carbonyl (C=O) groups excluding carboxylic acids is 1. The second kappa shape index (κ2) is 9.67. The number of aromatic nitrogens is 4. The van der Waals surface area contributed by atoms with Crippen LogP contribution in [-0.2, 0) is 11.8 Å². The number of benzene rings is 2. The summed E-state index contributed by atoms with van der Waals surface area (Å²) in [6.45, 7) is 2.51. The van der Waals surface area contributed by atoms with Gasteiger partial charge in [0, 0.05) is 30.5 Å². The van der Waals surface area contributed by atoms with E-state index in [1.54, 1.807) is 30.5 Å². The van der Waals surface area contributed by atoms with E-state index < -0.39 is 0 Å². The van der Waals surface area contributed by atoms with Crippen molar-refractivity contribution in [2.24, 2.45) is 7.05 Å². The number of amides is 1. The van der Waals surface area contributed by atoms with E-state index in [1.165, 1.54) is 11.8 Å². The third-order valence-corrected chi connectivity index (χ3v) is 6.38. The fourth-order valence-electron chi connectivity index (χ4n) is 3.68. The van der Waals surface area contributed by atoms with Gasteiger partial charge in [-0.3, -0.25) is 9.59 Å². The molecule has 0 aliphatic heterocycles. The first kappa shape index (κ1) is 22.7. The smallest absolute Gasteiger partial charge is 0.294 e. The zero-order chi connectivity index (χ0) is 24.4. The van der Waals surface area contributed by atoms with Gasteiger partial charge in [-0.15, -0.1) is 0 Å². The molecule has 0 spiro atoms. The monoisotopic (exact) mass is 489 g/mol. The molecule has 0 bridgehead atoms. The van der Waals surface area contributed by atoms with Gasteiger partial charge in [-0.1, -0.05) is 30.8 Å². The average Bonchev–Trinajstić information content (AvgIpc) is 3.45. The Bertz CT molecular complexity index is 1590. The summed E-state index contributed by atoms with van der Waals surface area (Å²) < 4.78 is 13.5. The lowest BCUT2D eigenvalue weighted by atomic mass is 10.1. The van der Waals surface area contributed by atoms with E-state index in [-0.39, 0.29) is 22.8 Å². The second-order valence-corrected chi connectivity index (χ2v) is 8.85. The topological polar surface area (TPSA) is 115 Å². The standard InChI is InChI=1S/C25H23N5O4S/c1-3-12-33-18-9-8-15(27-20(31)14-35-25-26-10-11-30(25)2)13-17(18)23-28-21-16-6-4-5-7-19(16)34-22(21)24(32)29-23/h4-11,13H,3,12,14H2,1-2H3,(H,27,31)(H,28,29,32). The van der Waals surface area contributed by atoms with Crippen LogP contribution in [-0.4, -0.2) is 37.8 Å². The van der Waals surface area contributed by atoms with Crippen molar-refractivity contribution in [3.05, 3.63) is 65.2 Å². The summed E-state index contributed by atoms with van der Waals surface area (Å²) in [4.78, 5) is 37.2. The number of hydrogen-bond acceptors (Lipinski definition) is 7. The Labute approximate surface area is 204 Å². The van der Waals surface area contributed by atoms with Crippen LogP contribution in [0.5, 0.6) is 5.75 Å². The predicted molar refractivity (Wildman–Crippen MR) is 136 cm³/mol. The van der Waals surface area contributed by atoms with Crippen molar-refractivity contribution in [2.45, 2.75) is 18.5 Å². The van der Waals surface area contributed by atoms with Gasteiger partial charge in [-0.25, -0.2) is 9.97 Å². The number of para-hydroxylation sites is 1. The van der Waals surface area contributed by atoms with Gasteiger partial charge in [-0.05, 0) is 36.8 Å². The Hall–Kier alpha value is -4.05. The molecule has 0 saturated heterocycles. The lowest BCUT2D eigenvalue weighted by Crippen LogP contribution is -2.15. The maximum atomic E-state index is 12.8. The van der Waals surface area contributed by atoms with Crippen LogP contribution in [0.25, 0.3) is 33.5 Å². The lowest BCUT2D eigenvalue weighted by Gasteiger charge is -2.13. The Morgan fingerprint density at radius 2 is 2.11 bits per heavy atom. The molecule has 0 radical (unpaired) electrons. The molecule has 5 rings (SSSR count). The first-order valence-corrected chi connectivity index (χ1v) is 12.1. The molecule has 0 atom stereocenters. The molecular weight excluding hydrogens is 466 g/mol. The van der Waals surface area contributed by atoms with Crippen LogP contribution >= 0.6 is 11.8 Å². The number of imidazole rings is 1. The molecule has 1 amide bonds. The average molecular weight is 490 g/mol. The molecule has 0 fully saturated rings. The SMILES string of the molecule is CCCOc1ccc(NC(=O)CSc2nccn2C)cc1-c1nc2c(oc3ccccc32)c(=O)[nH]1. The number of rotatable bonds is 8. The van der Waals surface area contributed by atoms with Crippen molar-refractivity contribution in [3.63, 3.8) is 0 Å². The van der Waals surface area contributed by atoms with E-state index in [4.69, 9.17) is 14.1 Å². The number of furan rings is 1. The van der Waals surface area contributed by atoms with Crippen molar-refractivity contribution >= 4 is 45.4 Å². The highest BCUT2D eigenvalue weighted by atomic mass is 32.2. The number of nitrogens with zero attached hydrogens (tertiary/aromatic N) is 3. The quantitative estimate of drug-likeness (QED) is 0.306. The highest BCUT2D eigenvalue weighted by Gasteiger charge is 2.17. The molecule has 178 valence electrons. The number of aryl methyl sites for hydroxylation is 1. The summed E-state index contributed by atoms with van der Waals surface area (Å²) in [5.41, 5.74) is 1.98. The zero-order valence-corrected chi connectivity index (χ0v) is 20.0. The first-order chi connectivity index (χ1) is 17.0. The fourth-order valence-corrected chi connectivity index (χ4v) is 4.41. The van der Waals surface area contributed by atoms with E-state index in [1.807, 2.05) is 42.9 Å². The number of H-pyrrole nitrogens is 1. The summed E-state index contributed by atoms with van der Waals surface area (Å²) in [5, 5.41) is 4.41. The van der Waals surface area contributed by atoms with E-state index in [2.05, 4.69) is 15.3 Å². The maximum Gasteiger partial charge on any atom is 0.294 e. The first-order valence-electron chi connectivity index (χ1n) is 11.1. The van der Waals surface area contributed by atoms with Crippen molar-refractivity contribution in [1.82, 2.24) is 19.5 Å². The summed E-state index contributed by atoms with van der Waals surface area (Å²) in [7, 11) is 1.88. The highest BCUT2D eigenvalue weighted by Crippen LogP contribution is 2.33. The maximum absolute atomic E-state index is 12.8. The van der Waals surface area contributed by atoms with Crippen molar-refractivity contribution in [3.8, 4) is 17.1 Å². The molecule has 0 saturated carbocycles. The fraction of sp³-hybridized carbons (Fsp3) is 0.200. The van der Waals surface area contributed by atoms with Crippen LogP contribution in [0.3, 0.4) is 0 Å². The number of anilines is 1. The van der Waals surface area contributed by atoms with E-state index in [0.717, 1.165) is 17.0 Å². The van der Waals surface area contributed by atoms with E-state index in [9.17, 15) is 9.59 Å². The molecule has 3 heterocycles. The number of aromatic amines is 1. The molecule has 2 aromatic carbocycles. The van der Waals surface area contributed by atoms with Gasteiger partial charge in [-0.2, -0.15) is 0 Å². The Balaban J connectivity index is 1.49. The summed E-state index contributed by atoms with van der Waals surface area (Å²) >= 11 is 1.35. The highest BCUT2D eigenvalue weighted by molar-refractivity contribution is 7.99. The van der Waals surface area contributed by atoms with Gasteiger partial charge in [0.15, 0.2) is 5.16 Å². The van der Waals surface area contributed by atoms with Crippen LogP contribution in [0.15, 0.2) is 69.2 Å². The van der Waals surface area contributed by atoms with E-state index >= 15 is 0 Å². The number of fused-ring (bicyclic) bond motifs is 3. The molecule has 9 nitrogen and oxygen atoms in total. The third-order valence-electron chi connectivity index (χ3n) is 5.32. The van der Waals surface area contributed by atoms with Gasteiger partial charge in [0.25, 0.3) is 5.56 Å². The van der Waals surface area contributed by atoms with Crippen LogP contribution in [0.2, 0.25) is 0 Å². The van der Waals surface area contributed by atoms with Gasteiger partial charge in [0.2, 0.25) is 11.5 Å².